The van der Waals surface area contributed by atoms with E-state index in [4.69, 9.17) is 4.74 Å². The van der Waals surface area contributed by atoms with Crippen molar-refractivity contribution in [3.8, 4) is 5.75 Å². The zero-order valence-electron chi connectivity index (χ0n) is 12.3. The van der Waals surface area contributed by atoms with Crippen LogP contribution in [0.1, 0.15) is 45.6 Å². The second-order valence-electron chi connectivity index (χ2n) is 4.91. The molecule has 108 valence electrons. The number of hydrogen-bond acceptors (Lipinski definition) is 2. The van der Waals surface area contributed by atoms with Crippen molar-refractivity contribution >= 4 is 15.9 Å². The number of benzene rings is 1. The Bertz CT molecular complexity index is 364. The van der Waals surface area contributed by atoms with Gasteiger partial charge >= 0.3 is 0 Å². The summed E-state index contributed by atoms with van der Waals surface area (Å²) in [6, 6.07) is 6.23. The first-order chi connectivity index (χ1) is 9.21. The lowest BCUT2D eigenvalue weighted by molar-refractivity contribution is 0.312. The average Bonchev–Trinajstić information content (AvgIpc) is 2.42. The van der Waals surface area contributed by atoms with E-state index in [0.29, 0.717) is 0 Å². The molecule has 0 bridgehead atoms. The van der Waals surface area contributed by atoms with E-state index in [1.807, 2.05) is 12.1 Å². The third kappa shape index (κ3) is 5.96. The lowest BCUT2D eigenvalue weighted by Crippen LogP contribution is -2.22. The minimum absolute atomic E-state index is 0.771. The Morgan fingerprint density at radius 1 is 1.21 bits per heavy atom. The molecule has 1 aromatic rings. The molecule has 0 saturated carbocycles. The van der Waals surface area contributed by atoms with Crippen LogP contribution in [0.3, 0.4) is 0 Å². The molecular formula is C16H26BrNO. The van der Waals surface area contributed by atoms with Gasteiger partial charge in [0.2, 0.25) is 0 Å². The van der Waals surface area contributed by atoms with Crippen LogP contribution in [0.5, 0.6) is 5.75 Å². The summed E-state index contributed by atoms with van der Waals surface area (Å²) >= 11 is 3.53. The van der Waals surface area contributed by atoms with Crippen LogP contribution in [0.15, 0.2) is 22.7 Å². The zero-order chi connectivity index (χ0) is 14.1. The maximum atomic E-state index is 5.79. The summed E-state index contributed by atoms with van der Waals surface area (Å²) < 4.78 is 6.90. The fraction of sp³-hybridized carbons (Fsp3) is 0.625. The topological polar surface area (TPSA) is 21.3 Å². The molecule has 0 heterocycles. The predicted molar refractivity (Wildman–Crippen MR) is 85.7 cm³/mol. The van der Waals surface area contributed by atoms with Gasteiger partial charge in [0.25, 0.3) is 0 Å². The molecule has 0 amide bonds. The fourth-order valence-corrected chi connectivity index (χ4v) is 2.44. The highest BCUT2D eigenvalue weighted by atomic mass is 79.9. The second-order valence-corrected chi connectivity index (χ2v) is 5.83. The standard InChI is InChI=1S/C16H26BrNO/c1-4-9-19-16-8-7-15(17)10-14(16)12-18-11-13(5-2)6-3/h7-8,10,13,18H,4-6,9,11-12H2,1-3H3. The van der Waals surface area contributed by atoms with Gasteiger partial charge in [0.05, 0.1) is 6.61 Å². The highest BCUT2D eigenvalue weighted by Crippen LogP contribution is 2.23. The van der Waals surface area contributed by atoms with Crippen LogP contribution in [-0.2, 0) is 6.54 Å². The first kappa shape index (κ1) is 16.5. The molecule has 0 fully saturated rings. The number of nitrogens with one attached hydrogen (secondary N) is 1. The maximum Gasteiger partial charge on any atom is 0.123 e. The molecule has 2 nitrogen and oxygen atoms in total. The van der Waals surface area contributed by atoms with Gasteiger partial charge in [-0.2, -0.15) is 0 Å². The van der Waals surface area contributed by atoms with Gasteiger partial charge in [0.1, 0.15) is 5.75 Å². The number of rotatable bonds is 9. The lowest BCUT2D eigenvalue weighted by Gasteiger charge is -2.15. The minimum Gasteiger partial charge on any atom is -0.493 e. The van der Waals surface area contributed by atoms with Gasteiger partial charge in [-0.1, -0.05) is 49.5 Å². The van der Waals surface area contributed by atoms with E-state index >= 15 is 0 Å². The normalized spacial score (nSPS) is 11.0. The van der Waals surface area contributed by atoms with E-state index in [-0.39, 0.29) is 0 Å². The largest absolute Gasteiger partial charge is 0.493 e. The molecule has 0 saturated heterocycles. The Balaban J connectivity index is 2.57. The third-order valence-electron chi connectivity index (χ3n) is 3.39. The highest BCUT2D eigenvalue weighted by Gasteiger charge is 2.06. The summed E-state index contributed by atoms with van der Waals surface area (Å²) in [5.41, 5.74) is 1.23. The zero-order valence-corrected chi connectivity index (χ0v) is 13.9. The smallest absolute Gasteiger partial charge is 0.123 e. The van der Waals surface area contributed by atoms with Gasteiger partial charge in [-0.25, -0.2) is 0 Å². The molecule has 1 N–H and O–H groups in total. The molecule has 0 aromatic heterocycles. The Kier molecular flexibility index (Phi) is 8.15. The summed E-state index contributed by atoms with van der Waals surface area (Å²) in [6.45, 7) is 9.36. The van der Waals surface area contributed by atoms with Crippen LogP contribution in [-0.4, -0.2) is 13.2 Å². The van der Waals surface area contributed by atoms with E-state index in [9.17, 15) is 0 Å². The Hall–Kier alpha value is -0.540. The van der Waals surface area contributed by atoms with Crippen molar-refractivity contribution in [2.75, 3.05) is 13.2 Å². The molecule has 1 rings (SSSR count). The number of hydrogen-bond donors (Lipinski definition) is 1. The van der Waals surface area contributed by atoms with Gasteiger partial charge in [-0.05, 0) is 37.1 Å². The Morgan fingerprint density at radius 2 is 1.95 bits per heavy atom. The Morgan fingerprint density at radius 3 is 2.58 bits per heavy atom. The maximum absolute atomic E-state index is 5.79. The SMILES string of the molecule is CCCOc1ccc(Br)cc1CNCC(CC)CC. The molecule has 1 aromatic carbocycles. The van der Waals surface area contributed by atoms with E-state index < -0.39 is 0 Å². The predicted octanol–water partition coefficient (Wildman–Crippen LogP) is 4.76. The first-order valence-electron chi connectivity index (χ1n) is 7.33. The van der Waals surface area contributed by atoms with Gasteiger partial charge in [0, 0.05) is 16.6 Å². The van der Waals surface area contributed by atoms with Crippen molar-refractivity contribution in [3.05, 3.63) is 28.2 Å². The van der Waals surface area contributed by atoms with Crippen molar-refractivity contribution < 1.29 is 4.74 Å². The van der Waals surface area contributed by atoms with Crippen LogP contribution in [0.4, 0.5) is 0 Å². The third-order valence-corrected chi connectivity index (χ3v) is 3.88. The van der Waals surface area contributed by atoms with Crippen LogP contribution in [0, 0.1) is 5.92 Å². The van der Waals surface area contributed by atoms with Gasteiger partial charge in [-0.3, -0.25) is 0 Å². The fourth-order valence-electron chi connectivity index (χ4n) is 2.03. The quantitative estimate of drug-likeness (QED) is 0.705. The van der Waals surface area contributed by atoms with Gasteiger partial charge in [0.15, 0.2) is 0 Å². The van der Waals surface area contributed by atoms with E-state index in [0.717, 1.165) is 42.3 Å². The van der Waals surface area contributed by atoms with Crippen LogP contribution >= 0.6 is 15.9 Å². The molecule has 0 aliphatic rings. The van der Waals surface area contributed by atoms with Crippen LogP contribution in [0.2, 0.25) is 0 Å². The summed E-state index contributed by atoms with van der Waals surface area (Å²) in [6.07, 6.45) is 3.51. The molecule has 0 aliphatic carbocycles. The van der Waals surface area contributed by atoms with E-state index in [1.165, 1.54) is 18.4 Å². The lowest BCUT2D eigenvalue weighted by atomic mass is 10.0. The van der Waals surface area contributed by atoms with Crippen molar-refractivity contribution in [2.24, 2.45) is 5.92 Å². The van der Waals surface area contributed by atoms with E-state index in [1.54, 1.807) is 0 Å². The summed E-state index contributed by atoms with van der Waals surface area (Å²) in [5, 5.41) is 3.55. The minimum atomic E-state index is 0.771. The molecular weight excluding hydrogens is 302 g/mol. The summed E-state index contributed by atoms with van der Waals surface area (Å²) in [4.78, 5) is 0. The molecule has 0 aliphatic heterocycles. The molecule has 0 radical (unpaired) electrons. The molecule has 0 spiro atoms. The van der Waals surface area contributed by atoms with Crippen molar-refractivity contribution in [1.82, 2.24) is 5.32 Å². The van der Waals surface area contributed by atoms with E-state index in [2.05, 4.69) is 48.1 Å². The first-order valence-corrected chi connectivity index (χ1v) is 8.12. The average molecular weight is 328 g/mol. The highest BCUT2D eigenvalue weighted by molar-refractivity contribution is 9.10. The second kappa shape index (κ2) is 9.38. The number of halogens is 1. The molecule has 19 heavy (non-hydrogen) atoms. The monoisotopic (exact) mass is 327 g/mol. The number of ether oxygens (including phenoxy) is 1. The Labute approximate surface area is 126 Å². The van der Waals surface area contributed by atoms with Gasteiger partial charge in [-0.15, -0.1) is 0 Å². The molecule has 0 atom stereocenters. The van der Waals surface area contributed by atoms with Crippen molar-refractivity contribution in [3.63, 3.8) is 0 Å². The summed E-state index contributed by atoms with van der Waals surface area (Å²) in [7, 11) is 0. The van der Waals surface area contributed by atoms with Crippen LogP contribution in [0.25, 0.3) is 0 Å². The molecule has 3 heteroatoms. The van der Waals surface area contributed by atoms with Gasteiger partial charge < -0.3 is 10.1 Å². The van der Waals surface area contributed by atoms with Crippen molar-refractivity contribution in [2.45, 2.75) is 46.6 Å². The molecule has 0 unspecified atom stereocenters. The van der Waals surface area contributed by atoms with Crippen molar-refractivity contribution in [1.29, 1.82) is 0 Å². The van der Waals surface area contributed by atoms with Crippen LogP contribution < -0.4 is 10.1 Å². The summed E-state index contributed by atoms with van der Waals surface area (Å²) in [5.74, 6) is 1.77.